The molecule has 0 aliphatic heterocycles. The normalized spacial score (nSPS) is 47.5. The molecule has 0 amide bonds. The van der Waals surface area contributed by atoms with E-state index >= 15 is 0 Å². The summed E-state index contributed by atoms with van der Waals surface area (Å²) in [5.41, 5.74) is 6.77. The summed E-state index contributed by atoms with van der Waals surface area (Å²) in [5.74, 6) is 5.57. The molecule has 3 fully saturated rings. The minimum Gasteiger partial charge on any atom is -0.327 e. The van der Waals surface area contributed by atoms with Crippen molar-refractivity contribution in [3.8, 4) is 0 Å². The molecule has 1 heteroatoms. The van der Waals surface area contributed by atoms with E-state index in [1.165, 1.54) is 64.2 Å². The van der Waals surface area contributed by atoms with E-state index in [-0.39, 0.29) is 0 Å². The first-order chi connectivity index (χ1) is 9.63. The maximum Gasteiger partial charge on any atom is 0.00959 e. The van der Waals surface area contributed by atoms with E-state index in [9.17, 15) is 0 Å². The second kappa shape index (κ2) is 6.38. The van der Waals surface area contributed by atoms with Crippen LogP contribution >= 0.6 is 0 Å². The Bertz CT molecular complexity index is 303. The van der Waals surface area contributed by atoms with E-state index in [2.05, 4.69) is 13.8 Å². The van der Waals surface area contributed by atoms with Crippen LogP contribution in [0.4, 0.5) is 0 Å². The van der Waals surface area contributed by atoms with Crippen molar-refractivity contribution in [3.63, 3.8) is 0 Å². The fourth-order valence-corrected chi connectivity index (χ4v) is 5.97. The van der Waals surface area contributed by atoms with Crippen LogP contribution < -0.4 is 5.73 Å². The Morgan fingerprint density at radius 2 is 1.35 bits per heavy atom. The molecule has 0 aromatic rings. The molecule has 20 heavy (non-hydrogen) atoms. The predicted octanol–water partition coefficient (Wildman–Crippen LogP) is 4.99. The average molecular weight is 277 g/mol. The van der Waals surface area contributed by atoms with E-state index < -0.39 is 0 Å². The fraction of sp³-hybridized carbons (Fsp3) is 1.00. The third kappa shape index (κ3) is 3.24. The maximum absolute atomic E-state index is 6.77. The van der Waals surface area contributed by atoms with Crippen LogP contribution in [0.5, 0.6) is 0 Å². The van der Waals surface area contributed by atoms with Crippen molar-refractivity contribution in [2.24, 2.45) is 41.2 Å². The van der Waals surface area contributed by atoms with Gasteiger partial charge in [0.05, 0.1) is 0 Å². The lowest BCUT2D eigenvalue weighted by Gasteiger charge is -2.44. The number of rotatable bonds is 2. The zero-order valence-electron chi connectivity index (χ0n) is 13.7. The second-order valence-corrected chi connectivity index (χ2v) is 8.63. The van der Waals surface area contributed by atoms with Gasteiger partial charge in [-0.3, -0.25) is 0 Å². The Morgan fingerprint density at radius 3 is 2.05 bits per heavy atom. The molecule has 2 N–H and O–H groups in total. The Kier molecular flexibility index (Phi) is 4.75. The lowest BCUT2D eigenvalue weighted by atomic mass is 9.63. The van der Waals surface area contributed by atoms with E-state index in [4.69, 9.17) is 5.73 Å². The molecular formula is C19H35N. The molecule has 116 valence electrons. The SMILES string of the molecule is CC1CC(C)CC(C(N)C2CCC3CCCCC3C2)C1. The third-order valence-corrected chi connectivity index (χ3v) is 6.88. The Morgan fingerprint density at radius 1 is 0.700 bits per heavy atom. The van der Waals surface area contributed by atoms with Gasteiger partial charge in [-0.25, -0.2) is 0 Å². The highest BCUT2D eigenvalue weighted by Crippen LogP contribution is 2.45. The van der Waals surface area contributed by atoms with E-state index in [0.717, 1.165) is 35.5 Å². The molecule has 3 saturated carbocycles. The highest BCUT2D eigenvalue weighted by Gasteiger charge is 2.38. The van der Waals surface area contributed by atoms with E-state index in [1.807, 2.05) is 0 Å². The van der Waals surface area contributed by atoms with Crippen molar-refractivity contribution in [1.82, 2.24) is 0 Å². The summed E-state index contributed by atoms with van der Waals surface area (Å²) in [4.78, 5) is 0. The van der Waals surface area contributed by atoms with Crippen molar-refractivity contribution in [1.29, 1.82) is 0 Å². The third-order valence-electron chi connectivity index (χ3n) is 6.88. The topological polar surface area (TPSA) is 26.0 Å². The quantitative estimate of drug-likeness (QED) is 0.756. The monoisotopic (exact) mass is 277 g/mol. The first kappa shape index (κ1) is 14.9. The fourth-order valence-electron chi connectivity index (χ4n) is 5.97. The summed E-state index contributed by atoms with van der Waals surface area (Å²) in [7, 11) is 0. The van der Waals surface area contributed by atoms with Gasteiger partial charge in [0.15, 0.2) is 0 Å². The Hall–Kier alpha value is -0.0400. The largest absolute Gasteiger partial charge is 0.327 e. The van der Waals surface area contributed by atoms with Gasteiger partial charge in [-0.1, -0.05) is 39.5 Å². The Balaban J connectivity index is 1.58. The van der Waals surface area contributed by atoms with Crippen LogP contribution in [0.1, 0.15) is 78.1 Å². The van der Waals surface area contributed by atoms with Gasteiger partial charge in [0.2, 0.25) is 0 Å². The summed E-state index contributed by atoms with van der Waals surface area (Å²) in [6.07, 6.45) is 14.6. The zero-order chi connectivity index (χ0) is 14.1. The van der Waals surface area contributed by atoms with Gasteiger partial charge >= 0.3 is 0 Å². The number of hydrogen-bond donors (Lipinski definition) is 1. The molecule has 0 saturated heterocycles. The molecule has 0 aromatic carbocycles. The lowest BCUT2D eigenvalue weighted by Crippen LogP contribution is -2.44. The molecule has 0 spiro atoms. The summed E-state index contributed by atoms with van der Waals surface area (Å²) < 4.78 is 0. The van der Waals surface area contributed by atoms with Crippen molar-refractivity contribution in [2.75, 3.05) is 0 Å². The molecule has 6 atom stereocenters. The standard InChI is InChI=1S/C19H35N/c1-13-9-14(2)11-18(10-13)19(20)17-8-7-15-5-3-4-6-16(15)12-17/h13-19H,3-12,20H2,1-2H3. The van der Waals surface area contributed by atoms with Gasteiger partial charge in [-0.2, -0.15) is 0 Å². The van der Waals surface area contributed by atoms with Gasteiger partial charge in [0.1, 0.15) is 0 Å². The molecule has 3 aliphatic rings. The van der Waals surface area contributed by atoms with E-state index in [0.29, 0.717) is 6.04 Å². The molecule has 0 bridgehead atoms. The summed E-state index contributed by atoms with van der Waals surface area (Å²) in [5, 5.41) is 0. The van der Waals surface area contributed by atoms with Gasteiger partial charge in [-0.15, -0.1) is 0 Å². The van der Waals surface area contributed by atoms with Crippen LogP contribution in [0.3, 0.4) is 0 Å². The van der Waals surface area contributed by atoms with Gasteiger partial charge in [0, 0.05) is 6.04 Å². The highest BCUT2D eigenvalue weighted by atomic mass is 14.7. The number of hydrogen-bond acceptors (Lipinski definition) is 1. The first-order valence-electron chi connectivity index (χ1n) is 9.39. The second-order valence-electron chi connectivity index (χ2n) is 8.63. The summed E-state index contributed by atoms with van der Waals surface area (Å²) in [6, 6.07) is 0.503. The molecule has 3 aliphatic carbocycles. The van der Waals surface area contributed by atoms with Crippen molar-refractivity contribution >= 4 is 0 Å². The van der Waals surface area contributed by atoms with Crippen molar-refractivity contribution < 1.29 is 0 Å². The van der Waals surface area contributed by atoms with Crippen molar-refractivity contribution in [3.05, 3.63) is 0 Å². The molecule has 1 nitrogen and oxygen atoms in total. The molecule has 0 radical (unpaired) electrons. The highest BCUT2D eigenvalue weighted by molar-refractivity contribution is 4.91. The lowest BCUT2D eigenvalue weighted by molar-refractivity contribution is 0.0846. The van der Waals surface area contributed by atoms with E-state index in [1.54, 1.807) is 0 Å². The van der Waals surface area contributed by atoms with Gasteiger partial charge < -0.3 is 5.73 Å². The van der Waals surface area contributed by atoms with Gasteiger partial charge in [-0.05, 0) is 74.0 Å². The molecule has 3 rings (SSSR count). The average Bonchev–Trinajstić information content (AvgIpc) is 2.45. The summed E-state index contributed by atoms with van der Waals surface area (Å²) in [6.45, 7) is 4.88. The maximum atomic E-state index is 6.77. The predicted molar refractivity (Wildman–Crippen MR) is 86.4 cm³/mol. The smallest absolute Gasteiger partial charge is 0.00959 e. The van der Waals surface area contributed by atoms with Crippen LogP contribution in [0.15, 0.2) is 0 Å². The minimum atomic E-state index is 0.503. The van der Waals surface area contributed by atoms with Crippen LogP contribution in [-0.4, -0.2) is 6.04 Å². The van der Waals surface area contributed by atoms with Crippen LogP contribution in [0, 0.1) is 35.5 Å². The molecular weight excluding hydrogens is 242 g/mol. The van der Waals surface area contributed by atoms with Crippen LogP contribution in [0.2, 0.25) is 0 Å². The van der Waals surface area contributed by atoms with Crippen LogP contribution in [-0.2, 0) is 0 Å². The first-order valence-corrected chi connectivity index (χ1v) is 9.39. The molecule has 6 unspecified atom stereocenters. The molecule has 0 aromatic heterocycles. The number of fused-ring (bicyclic) bond motifs is 1. The number of nitrogens with two attached hydrogens (primary N) is 1. The minimum absolute atomic E-state index is 0.503. The van der Waals surface area contributed by atoms with Crippen LogP contribution in [0.25, 0.3) is 0 Å². The zero-order valence-corrected chi connectivity index (χ0v) is 13.7. The van der Waals surface area contributed by atoms with Crippen molar-refractivity contribution in [2.45, 2.75) is 84.1 Å². The van der Waals surface area contributed by atoms with Gasteiger partial charge in [0.25, 0.3) is 0 Å². The molecule has 0 heterocycles. The Labute approximate surface area is 126 Å². The summed E-state index contributed by atoms with van der Waals surface area (Å²) >= 11 is 0.